The average molecular weight is 332 g/mol. The molecule has 24 heavy (non-hydrogen) atoms. The highest BCUT2D eigenvalue weighted by atomic mass is 16.6. The maximum Gasteiger partial charge on any atom is 0.407 e. The fraction of sp³-hybridized carbons (Fsp3) is 0.650. The van der Waals surface area contributed by atoms with Crippen LogP contribution in [0.15, 0.2) is 24.3 Å². The van der Waals surface area contributed by atoms with E-state index in [1.165, 1.54) is 11.1 Å². The predicted molar refractivity (Wildman–Crippen MR) is 98.3 cm³/mol. The van der Waals surface area contributed by atoms with Crippen LogP contribution < -0.4 is 10.6 Å². The zero-order valence-electron chi connectivity index (χ0n) is 15.7. The standard InChI is InChI=1S/C20H32N2O2/c1-14(2)10-18(13-21-19(23)24-20(3,4)5)22-17-11-15-8-6-7-9-16(15)12-17/h6-9,14,17-18,22H,10-13H2,1-5H3,(H,21,23). The molecule has 4 nitrogen and oxygen atoms in total. The van der Waals surface area contributed by atoms with Gasteiger partial charge in [0.2, 0.25) is 0 Å². The maximum atomic E-state index is 11.9. The van der Waals surface area contributed by atoms with Crippen molar-refractivity contribution < 1.29 is 9.53 Å². The second-order valence-corrected chi connectivity index (χ2v) is 8.25. The van der Waals surface area contributed by atoms with Crippen LogP contribution in [-0.4, -0.2) is 30.3 Å². The molecule has 1 atom stereocenters. The Bertz CT molecular complexity index is 524. The molecule has 2 rings (SSSR count). The zero-order chi connectivity index (χ0) is 17.7. The number of carbonyl (C=O) groups is 1. The van der Waals surface area contributed by atoms with Crippen molar-refractivity contribution in [3.05, 3.63) is 35.4 Å². The van der Waals surface area contributed by atoms with Crippen LogP contribution in [0.4, 0.5) is 4.79 Å². The van der Waals surface area contributed by atoms with Crippen molar-refractivity contribution >= 4 is 6.09 Å². The first-order valence-corrected chi connectivity index (χ1v) is 9.02. The van der Waals surface area contributed by atoms with Gasteiger partial charge in [0.1, 0.15) is 5.60 Å². The van der Waals surface area contributed by atoms with Crippen molar-refractivity contribution in [2.24, 2.45) is 5.92 Å². The molecule has 0 aromatic heterocycles. The molecule has 0 spiro atoms. The second-order valence-electron chi connectivity index (χ2n) is 8.25. The summed E-state index contributed by atoms with van der Waals surface area (Å²) in [5, 5.41) is 6.66. The molecule has 1 amide bonds. The minimum atomic E-state index is -0.460. The Labute approximate surface area is 146 Å². The van der Waals surface area contributed by atoms with Gasteiger partial charge in [0.15, 0.2) is 0 Å². The first-order chi connectivity index (χ1) is 11.2. The van der Waals surface area contributed by atoms with Gasteiger partial charge in [-0.2, -0.15) is 0 Å². The summed E-state index contributed by atoms with van der Waals surface area (Å²) >= 11 is 0. The van der Waals surface area contributed by atoms with Gasteiger partial charge in [-0.05, 0) is 57.1 Å². The van der Waals surface area contributed by atoms with Gasteiger partial charge in [0, 0.05) is 18.6 Å². The lowest BCUT2D eigenvalue weighted by molar-refractivity contribution is 0.0520. The molecule has 1 unspecified atom stereocenters. The van der Waals surface area contributed by atoms with Gasteiger partial charge in [-0.1, -0.05) is 38.1 Å². The number of hydrogen-bond acceptors (Lipinski definition) is 3. The van der Waals surface area contributed by atoms with Crippen LogP contribution in [0.25, 0.3) is 0 Å². The molecule has 2 N–H and O–H groups in total. The second kappa shape index (κ2) is 8.02. The third kappa shape index (κ3) is 6.16. The molecule has 0 bridgehead atoms. The minimum absolute atomic E-state index is 0.261. The Kier molecular flexibility index (Phi) is 6.27. The van der Waals surface area contributed by atoms with E-state index in [1.54, 1.807) is 0 Å². The largest absolute Gasteiger partial charge is 0.444 e. The van der Waals surface area contributed by atoms with E-state index in [-0.39, 0.29) is 12.1 Å². The summed E-state index contributed by atoms with van der Waals surface area (Å²) in [5.74, 6) is 0.576. The Balaban J connectivity index is 1.86. The van der Waals surface area contributed by atoms with E-state index in [1.807, 2.05) is 20.8 Å². The lowest BCUT2D eigenvalue weighted by atomic mass is 10.0. The van der Waals surface area contributed by atoms with E-state index in [2.05, 4.69) is 48.7 Å². The van der Waals surface area contributed by atoms with Crippen molar-refractivity contribution in [1.82, 2.24) is 10.6 Å². The summed E-state index contributed by atoms with van der Waals surface area (Å²) in [6, 6.07) is 9.36. The molecule has 134 valence electrons. The van der Waals surface area contributed by atoms with E-state index in [0.29, 0.717) is 18.5 Å². The molecular formula is C20H32N2O2. The fourth-order valence-corrected chi connectivity index (χ4v) is 3.31. The van der Waals surface area contributed by atoms with Gasteiger partial charge >= 0.3 is 6.09 Å². The van der Waals surface area contributed by atoms with Gasteiger partial charge in [-0.25, -0.2) is 4.79 Å². The summed E-state index contributed by atoms with van der Waals surface area (Å²) < 4.78 is 5.34. The fourth-order valence-electron chi connectivity index (χ4n) is 3.31. The number of alkyl carbamates (subject to hydrolysis) is 1. The van der Waals surface area contributed by atoms with Crippen molar-refractivity contribution in [1.29, 1.82) is 0 Å². The van der Waals surface area contributed by atoms with Gasteiger partial charge in [-0.3, -0.25) is 0 Å². The van der Waals surface area contributed by atoms with Crippen LogP contribution in [0.1, 0.15) is 52.2 Å². The van der Waals surface area contributed by atoms with Gasteiger partial charge in [-0.15, -0.1) is 0 Å². The zero-order valence-corrected chi connectivity index (χ0v) is 15.7. The van der Waals surface area contributed by atoms with Crippen molar-refractivity contribution in [3.8, 4) is 0 Å². The highest BCUT2D eigenvalue weighted by molar-refractivity contribution is 5.67. The molecule has 1 aromatic rings. The highest BCUT2D eigenvalue weighted by Gasteiger charge is 2.24. The third-order valence-electron chi connectivity index (χ3n) is 4.17. The molecule has 0 radical (unpaired) electrons. The summed E-state index contributed by atoms with van der Waals surface area (Å²) in [5.41, 5.74) is 2.43. The Morgan fingerprint density at radius 3 is 2.29 bits per heavy atom. The lowest BCUT2D eigenvalue weighted by Crippen LogP contribution is -2.47. The summed E-state index contributed by atoms with van der Waals surface area (Å²) in [4.78, 5) is 11.9. The summed E-state index contributed by atoms with van der Waals surface area (Å²) in [7, 11) is 0. The van der Waals surface area contributed by atoms with Crippen molar-refractivity contribution in [2.45, 2.75) is 71.6 Å². The van der Waals surface area contributed by atoms with Crippen LogP contribution >= 0.6 is 0 Å². The first-order valence-electron chi connectivity index (χ1n) is 9.02. The number of carbonyl (C=O) groups excluding carboxylic acids is 1. The Morgan fingerprint density at radius 1 is 1.21 bits per heavy atom. The number of benzene rings is 1. The van der Waals surface area contributed by atoms with Crippen LogP contribution in [0.5, 0.6) is 0 Å². The number of hydrogen-bond donors (Lipinski definition) is 2. The van der Waals surface area contributed by atoms with E-state index >= 15 is 0 Å². The van der Waals surface area contributed by atoms with Crippen LogP contribution in [0.2, 0.25) is 0 Å². The highest BCUT2D eigenvalue weighted by Crippen LogP contribution is 2.22. The molecule has 1 aliphatic rings. The number of ether oxygens (including phenoxy) is 1. The Morgan fingerprint density at radius 2 is 1.79 bits per heavy atom. The molecule has 0 saturated heterocycles. The molecule has 4 heteroatoms. The SMILES string of the molecule is CC(C)CC(CNC(=O)OC(C)(C)C)NC1Cc2ccccc2C1. The number of nitrogens with one attached hydrogen (secondary N) is 2. The normalized spacial score (nSPS) is 16.1. The van der Waals surface area contributed by atoms with Crippen LogP contribution in [-0.2, 0) is 17.6 Å². The predicted octanol–water partition coefficient (Wildman–Crippen LogP) is 3.68. The summed E-state index contributed by atoms with van der Waals surface area (Å²) in [6.07, 6.45) is 2.82. The lowest BCUT2D eigenvalue weighted by Gasteiger charge is -2.26. The monoisotopic (exact) mass is 332 g/mol. The van der Waals surface area contributed by atoms with Gasteiger partial charge < -0.3 is 15.4 Å². The summed E-state index contributed by atoms with van der Waals surface area (Å²) in [6.45, 7) is 10.7. The van der Waals surface area contributed by atoms with E-state index < -0.39 is 5.60 Å². The van der Waals surface area contributed by atoms with Gasteiger partial charge in [0.05, 0.1) is 0 Å². The number of amides is 1. The van der Waals surface area contributed by atoms with E-state index in [0.717, 1.165) is 19.3 Å². The van der Waals surface area contributed by atoms with Crippen molar-refractivity contribution in [3.63, 3.8) is 0 Å². The molecule has 0 aliphatic heterocycles. The maximum absolute atomic E-state index is 11.9. The topological polar surface area (TPSA) is 50.4 Å². The smallest absolute Gasteiger partial charge is 0.407 e. The molecule has 1 aliphatic carbocycles. The number of rotatable bonds is 6. The average Bonchev–Trinajstić information content (AvgIpc) is 2.84. The molecular weight excluding hydrogens is 300 g/mol. The minimum Gasteiger partial charge on any atom is -0.444 e. The van der Waals surface area contributed by atoms with E-state index in [9.17, 15) is 4.79 Å². The van der Waals surface area contributed by atoms with Gasteiger partial charge in [0.25, 0.3) is 0 Å². The van der Waals surface area contributed by atoms with Crippen LogP contribution in [0, 0.1) is 5.92 Å². The van der Waals surface area contributed by atoms with Crippen LogP contribution in [0.3, 0.4) is 0 Å². The molecule has 0 fully saturated rings. The molecule has 1 aromatic carbocycles. The molecule has 0 heterocycles. The Hall–Kier alpha value is -1.55. The quantitative estimate of drug-likeness (QED) is 0.835. The van der Waals surface area contributed by atoms with Crippen molar-refractivity contribution in [2.75, 3.05) is 6.54 Å². The third-order valence-corrected chi connectivity index (χ3v) is 4.17. The molecule has 0 saturated carbocycles. The number of fused-ring (bicyclic) bond motifs is 1. The first kappa shape index (κ1) is 18.8. The van der Waals surface area contributed by atoms with E-state index in [4.69, 9.17) is 4.74 Å².